The number of hydrogen-bond acceptors (Lipinski definition) is 2. The van der Waals surface area contributed by atoms with Crippen molar-refractivity contribution >= 4 is 15.9 Å². The van der Waals surface area contributed by atoms with E-state index >= 15 is 0 Å². The average molecular weight is 318 g/mol. The normalized spacial score (nSPS) is 16.3. The van der Waals surface area contributed by atoms with E-state index in [1.54, 1.807) is 6.20 Å². The van der Waals surface area contributed by atoms with Crippen molar-refractivity contribution in [3.63, 3.8) is 0 Å². The second-order valence-electron chi connectivity index (χ2n) is 5.13. The second-order valence-corrected chi connectivity index (χ2v) is 6.05. The van der Waals surface area contributed by atoms with Crippen LogP contribution in [0.4, 0.5) is 0 Å². The first-order valence-electron chi connectivity index (χ1n) is 6.61. The molecule has 0 radical (unpaired) electrons. The van der Waals surface area contributed by atoms with Crippen LogP contribution in [0.25, 0.3) is 0 Å². The molecule has 2 nitrogen and oxygen atoms in total. The van der Waals surface area contributed by atoms with Crippen LogP contribution in [0.1, 0.15) is 41.7 Å². The summed E-state index contributed by atoms with van der Waals surface area (Å²) < 4.78 is 0.960. The molecule has 1 N–H and O–H groups in total. The number of aliphatic hydroxyl groups is 1. The van der Waals surface area contributed by atoms with Gasteiger partial charge in [-0.25, -0.2) is 0 Å². The number of hydrogen-bond donors (Lipinski definition) is 1. The van der Waals surface area contributed by atoms with Crippen LogP contribution >= 0.6 is 15.9 Å². The van der Waals surface area contributed by atoms with Gasteiger partial charge in [0.25, 0.3) is 0 Å². The van der Waals surface area contributed by atoms with Crippen LogP contribution < -0.4 is 0 Å². The highest BCUT2D eigenvalue weighted by Crippen LogP contribution is 2.40. The van der Waals surface area contributed by atoms with Gasteiger partial charge >= 0.3 is 0 Å². The number of halogens is 1. The lowest BCUT2D eigenvalue weighted by atomic mass is 10.0. The number of aliphatic hydroxyl groups excluding tert-OH is 1. The largest absolute Gasteiger partial charge is 0.388 e. The molecule has 1 saturated carbocycles. The molecule has 1 aromatic carbocycles. The number of aromatic nitrogens is 1. The van der Waals surface area contributed by atoms with E-state index in [0.717, 1.165) is 21.6 Å². The Morgan fingerprint density at radius 2 is 2.11 bits per heavy atom. The zero-order valence-corrected chi connectivity index (χ0v) is 12.2. The number of nitrogens with zero attached hydrogens (tertiary/aromatic N) is 1. The molecule has 3 heteroatoms. The van der Waals surface area contributed by atoms with Crippen molar-refractivity contribution in [3.05, 3.63) is 63.9 Å². The van der Waals surface area contributed by atoms with Crippen LogP contribution in [0.15, 0.2) is 47.1 Å². The van der Waals surface area contributed by atoms with E-state index in [0.29, 0.717) is 6.42 Å². The van der Waals surface area contributed by atoms with Gasteiger partial charge < -0.3 is 5.11 Å². The summed E-state index contributed by atoms with van der Waals surface area (Å²) in [4.78, 5) is 4.31. The van der Waals surface area contributed by atoms with E-state index in [4.69, 9.17) is 0 Å². The minimum atomic E-state index is -0.479. The van der Waals surface area contributed by atoms with Gasteiger partial charge in [-0.15, -0.1) is 0 Å². The summed E-state index contributed by atoms with van der Waals surface area (Å²) in [6.45, 7) is 0. The first-order chi connectivity index (χ1) is 9.22. The van der Waals surface area contributed by atoms with E-state index in [9.17, 15) is 5.11 Å². The maximum Gasteiger partial charge on any atom is 0.0845 e. The molecule has 1 unspecified atom stereocenters. The summed E-state index contributed by atoms with van der Waals surface area (Å²) in [5, 5.41) is 10.3. The Labute approximate surface area is 121 Å². The smallest absolute Gasteiger partial charge is 0.0845 e. The Morgan fingerprint density at radius 1 is 1.26 bits per heavy atom. The Bertz CT molecular complexity index is 563. The fourth-order valence-electron chi connectivity index (χ4n) is 2.28. The molecule has 0 saturated heterocycles. The highest BCUT2D eigenvalue weighted by atomic mass is 79.9. The maximum atomic E-state index is 10.3. The SMILES string of the molecule is OC(Cc1ccc(Br)cn1)c1cccc(C2CC2)c1. The Morgan fingerprint density at radius 3 is 2.79 bits per heavy atom. The highest BCUT2D eigenvalue weighted by molar-refractivity contribution is 9.10. The second kappa shape index (κ2) is 5.43. The van der Waals surface area contributed by atoms with Crippen molar-refractivity contribution in [3.8, 4) is 0 Å². The predicted octanol–water partition coefficient (Wildman–Crippen LogP) is 4.00. The molecular formula is C16H16BrNO. The lowest BCUT2D eigenvalue weighted by Crippen LogP contribution is -2.03. The van der Waals surface area contributed by atoms with E-state index in [-0.39, 0.29) is 0 Å². The van der Waals surface area contributed by atoms with Crippen molar-refractivity contribution in [2.75, 3.05) is 0 Å². The van der Waals surface area contributed by atoms with E-state index < -0.39 is 6.10 Å². The van der Waals surface area contributed by atoms with Crippen LogP contribution in [0.3, 0.4) is 0 Å². The van der Waals surface area contributed by atoms with Gasteiger partial charge in [0, 0.05) is 22.8 Å². The molecule has 0 aliphatic heterocycles. The molecule has 0 bridgehead atoms. The van der Waals surface area contributed by atoms with Gasteiger partial charge in [0.05, 0.1) is 6.10 Å². The van der Waals surface area contributed by atoms with Gasteiger partial charge in [-0.3, -0.25) is 4.98 Å². The number of rotatable bonds is 4. The molecular weight excluding hydrogens is 302 g/mol. The first-order valence-corrected chi connectivity index (χ1v) is 7.40. The molecule has 1 heterocycles. The van der Waals surface area contributed by atoms with Gasteiger partial charge in [0.1, 0.15) is 0 Å². The molecule has 98 valence electrons. The van der Waals surface area contributed by atoms with Gasteiger partial charge in [0.15, 0.2) is 0 Å². The molecule has 2 aromatic rings. The maximum absolute atomic E-state index is 10.3. The lowest BCUT2D eigenvalue weighted by Gasteiger charge is -2.12. The fourth-order valence-corrected chi connectivity index (χ4v) is 2.51. The lowest BCUT2D eigenvalue weighted by molar-refractivity contribution is 0.177. The van der Waals surface area contributed by atoms with Crippen molar-refractivity contribution in [2.24, 2.45) is 0 Å². The average Bonchev–Trinajstić information content (AvgIpc) is 3.26. The minimum Gasteiger partial charge on any atom is -0.388 e. The van der Waals surface area contributed by atoms with E-state index in [1.807, 2.05) is 24.3 Å². The highest BCUT2D eigenvalue weighted by Gasteiger charge is 2.24. The van der Waals surface area contributed by atoms with Crippen molar-refractivity contribution in [2.45, 2.75) is 31.3 Å². The Kier molecular flexibility index (Phi) is 3.67. The van der Waals surface area contributed by atoms with Crippen LogP contribution in [-0.2, 0) is 6.42 Å². The van der Waals surface area contributed by atoms with E-state index in [1.165, 1.54) is 18.4 Å². The topological polar surface area (TPSA) is 33.1 Å². The summed E-state index contributed by atoms with van der Waals surface area (Å²) in [7, 11) is 0. The number of pyridine rings is 1. The zero-order valence-electron chi connectivity index (χ0n) is 10.6. The van der Waals surface area contributed by atoms with Gasteiger partial charge in [-0.05, 0) is 57.9 Å². The van der Waals surface area contributed by atoms with Crippen LogP contribution in [-0.4, -0.2) is 10.1 Å². The molecule has 0 amide bonds. The fraction of sp³-hybridized carbons (Fsp3) is 0.312. The van der Waals surface area contributed by atoms with Crippen LogP contribution in [0.5, 0.6) is 0 Å². The third kappa shape index (κ3) is 3.23. The molecule has 0 spiro atoms. The molecule has 19 heavy (non-hydrogen) atoms. The van der Waals surface area contributed by atoms with Crippen molar-refractivity contribution in [1.82, 2.24) is 4.98 Å². The van der Waals surface area contributed by atoms with Gasteiger partial charge in [-0.1, -0.05) is 24.3 Å². The van der Waals surface area contributed by atoms with Crippen molar-refractivity contribution < 1.29 is 5.11 Å². The summed E-state index contributed by atoms with van der Waals surface area (Å²) >= 11 is 3.36. The zero-order chi connectivity index (χ0) is 13.2. The Hall–Kier alpha value is -1.19. The minimum absolute atomic E-state index is 0.479. The van der Waals surface area contributed by atoms with Gasteiger partial charge in [0.2, 0.25) is 0 Å². The summed E-state index contributed by atoms with van der Waals surface area (Å²) in [6, 6.07) is 12.2. The monoisotopic (exact) mass is 317 g/mol. The predicted molar refractivity (Wildman–Crippen MR) is 79.0 cm³/mol. The molecule has 1 aromatic heterocycles. The molecule has 1 aliphatic rings. The van der Waals surface area contributed by atoms with E-state index in [2.05, 4.69) is 33.0 Å². The van der Waals surface area contributed by atoms with Crippen LogP contribution in [0.2, 0.25) is 0 Å². The molecule has 1 atom stereocenters. The molecule has 1 aliphatic carbocycles. The first kappa shape index (κ1) is 12.8. The quantitative estimate of drug-likeness (QED) is 0.924. The number of benzene rings is 1. The van der Waals surface area contributed by atoms with Crippen molar-refractivity contribution in [1.29, 1.82) is 0 Å². The Balaban J connectivity index is 1.74. The standard InChI is InChI=1S/C16H16BrNO/c17-14-6-7-15(18-10-14)9-16(19)13-3-1-2-12(8-13)11-4-5-11/h1-3,6-8,10-11,16,19H,4-5,9H2. The third-order valence-corrected chi connectivity index (χ3v) is 4.00. The molecule has 3 rings (SSSR count). The summed E-state index contributed by atoms with van der Waals surface area (Å²) in [6.07, 6.45) is 4.42. The molecule has 1 fully saturated rings. The summed E-state index contributed by atoms with van der Waals surface area (Å²) in [5.74, 6) is 0.720. The summed E-state index contributed by atoms with van der Waals surface area (Å²) in [5.41, 5.74) is 3.27. The van der Waals surface area contributed by atoms with Gasteiger partial charge in [-0.2, -0.15) is 0 Å². The third-order valence-electron chi connectivity index (χ3n) is 3.54. The van der Waals surface area contributed by atoms with Crippen LogP contribution in [0, 0.1) is 0 Å².